The van der Waals surface area contributed by atoms with E-state index >= 15 is 0 Å². The third-order valence-electron chi connectivity index (χ3n) is 3.67. The molecule has 26 heavy (non-hydrogen) atoms. The summed E-state index contributed by atoms with van der Waals surface area (Å²) in [4.78, 5) is 4.26. The number of fused-ring (bicyclic) bond motifs is 1. The third-order valence-corrected chi connectivity index (χ3v) is 4.62. The van der Waals surface area contributed by atoms with Gasteiger partial charge in [-0.3, -0.25) is 0 Å². The predicted molar refractivity (Wildman–Crippen MR) is 85.4 cm³/mol. The Labute approximate surface area is 146 Å². The monoisotopic (exact) mass is 392 g/mol. The molecule has 1 heterocycles. The van der Waals surface area contributed by atoms with Crippen LogP contribution in [0.3, 0.4) is 0 Å². The van der Waals surface area contributed by atoms with Crippen molar-refractivity contribution in [3.63, 3.8) is 0 Å². The van der Waals surface area contributed by atoms with E-state index in [9.17, 15) is 31.4 Å². The molecule has 0 unspecified atom stereocenters. The van der Waals surface area contributed by atoms with E-state index in [0.29, 0.717) is 22.8 Å². The lowest BCUT2D eigenvalue weighted by molar-refractivity contribution is -0.376. The number of benzene rings is 2. The van der Waals surface area contributed by atoms with E-state index in [1.165, 1.54) is 11.3 Å². The van der Waals surface area contributed by atoms with E-state index in [2.05, 4.69) is 10.3 Å². The summed E-state index contributed by atoms with van der Waals surface area (Å²) in [5, 5.41) is 12.6. The number of hydrogen-bond donors (Lipinski definition) is 2. The quantitative estimate of drug-likeness (QED) is 0.591. The number of para-hydroxylation sites is 1. The topological polar surface area (TPSA) is 45.1 Å². The number of nitrogens with zero attached hydrogens (tertiary/aromatic N) is 1. The van der Waals surface area contributed by atoms with Gasteiger partial charge in [-0.25, -0.2) is 4.98 Å². The number of hydrogen-bond acceptors (Lipinski definition) is 4. The molecule has 3 nitrogen and oxygen atoms in total. The Kier molecular flexibility index (Phi) is 4.35. The second-order valence-corrected chi connectivity index (χ2v) is 6.43. The number of aromatic nitrogens is 1. The lowest BCUT2D eigenvalue weighted by Gasteiger charge is -2.32. The van der Waals surface area contributed by atoms with Crippen molar-refractivity contribution in [1.82, 2.24) is 4.98 Å². The highest BCUT2D eigenvalue weighted by molar-refractivity contribution is 7.22. The highest BCUT2D eigenvalue weighted by atomic mass is 32.1. The molecule has 0 saturated carbocycles. The van der Waals surface area contributed by atoms with E-state index in [1.807, 2.05) is 12.1 Å². The van der Waals surface area contributed by atoms with Crippen LogP contribution < -0.4 is 5.32 Å². The number of halogens is 6. The first-order valence-electron chi connectivity index (χ1n) is 7.11. The Morgan fingerprint density at radius 1 is 0.846 bits per heavy atom. The van der Waals surface area contributed by atoms with Crippen LogP contribution in [0, 0.1) is 0 Å². The summed E-state index contributed by atoms with van der Waals surface area (Å²) in [7, 11) is 0. The molecule has 0 atom stereocenters. The van der Waals surface area contributed by atoms with Gasteiger partial charge in [-0.1, -0.05) is 35.6 Å². The Bertz CT molecular complexity index is 870. The van der Waals surface area contributed by atoms with Gasteiger partial charge >= 0.3 is 12.4 Å². The zero-order valence-corrected chi connectivity index (χ0v) is 13.5. The molecule has 0 spiro atoms. The number of alkyl halides is 6. The summed E-state index contributed by atoms with van der Waals surface area (Å²) in [6, 6.07) is 10.4. The summed E-state index contributed by atoms with van der Waals surface area (Å²) in [6.45, 7) is 0. The first-order chi connectivity index (χ1) is 12.0. The lowest BCUT2D eigenvalue weighted by atomic mass is 9.92. The van der Waals surface area contributed by atoms with Gasteiger partial charge in [0.2, 0.25) is 0 Å². The van der Waals surface area contributed by atoms with Crippen molar-refractivity contribution < 1.29 is 31.4 Å². The second-order valence-electron chi connectivity index (χ2n) is 5.40. The first-order valence-corrected chi connectivity index (χ1v) is 7.93. The van der Waals surface area contributed by atoms with Crippen LogP contribution in [-0.2, 0) is 5.60 Å². The summed E-state index contributed by atoms with van der Waals surface area (Å²) in [6.07, 6.45) is -11.8. The highest BCUT2D eigenvalue weighted by Crippen LogP contribution is 2.50. The van der Waals surface area contributed by atoms with Crippen LogP contribution in [0.25, 0.3) is 10.2 Å². The Morgan fingerprint density at radius 3 is 1.96 bits per heavy atom. The van der Waals surface area contributed by atoms with Crippen molar-refractivity contribution in [3.05, 3.63) is 54.1 Å². The Morgan fingerprint density at radius 2 is 1.42 bits per heavy atom. The smallest absolute Gasteiger partial charge is 0.369 e. The van der Waals surface area contributed by atoms with Crippen molar-refractivity contribution in [2.45, 2.75) is 18.0 Å². The fourth-order valence-corrected chi connectivity index (χ4v) is 3.22. The summed E-state index contributed by atoms with van der Waals surface area (Å²) in [5.74, 6) is 0. The molecule has 3 rings (SSSR count). The molecular weight excluding hydrogens is 382 g/mol. The van der Waals surface area contributed by atoms with Crippen molar-refractivity contribution in [2.75, 3.05) is 5.32 Å². The average molecular weight is 392 g/mol. The molecule has 10 heteroatoms. The standard InChI is InChI=1S/C16H10F6N2OS/c17-15(18,19)14(25,16(20,21)22)9-5-7-10(8-6-9)23-13-24-11-3-1-2-4-12(11)26-13/h1-8,25H,(H,23,24). The van der Waals surface area contributed by atoms with Crippen molar-refractivity contribution in [2.24, 2.45) is 0 Å². The van der Waals surface area contributed by atoms with Crippen LogP contribution in [0.4, 0.5) is 37.2 Å². The molecule has 3 aromatic rings. The van der Waals surface area contributed by atoms with Gasteiger partial charge in [-0.05, 0) is 24.3 Å². The van der Waals surface area contributed by atoms with E-state index < -0.39 is 23.5 Å². The number of thiazole rings is 1. The lowest BCUT2D eigenvalue weighted by Crippen LogP contribution is -2.53. The van der Waals surface area contributed by atoms with Gasteiger partial charge in [-0.2, -0.15) is 26.3 Å². The molecule has 0 bridgehead atoms. The molecule has 2 aromatic carbocycles. The van der Waals surface area contributed by atoms with E-state index in [-0.39, 0.29) is 5.69 Å². The largest absolute Gasteiger partial charge is 0.430 e. The van der Waals surface area contributed by atoms with Gasteiger partial charge in [0.1, 0.15) is 0 Å². The minimum atomic E-state index is -5.91. The number of nitrogens with one attached hydrogen (secondary N) is 1. The van der Waals surface area contributed by atoms with Crippen LogP contribution in [-0.4, -0.2) is 22.4 Å². The van der Waals surface area contributed by atoms with Gasteiger partial charge < -0.3 is 10.4 Å². The van der Waals surface area contributed by atoms with Crippen molar-refractivity contribution >= 4 is 32.4 Å². The van der Waals surface area contributed by atoms with Crippen LogP contribution in [0.5, 0.6) is 0 Å². The van der Waals surface area contributed by atoms with Crippen LogP contribution in [0.2, 0.25) is 0 Å². The molecule has 0 fully saturated rings. The van der Waals surface area contributed by atoms with Crippen LogP contribution >= 0.6 is 11.3 Å². The molecule has 1 aromatic heterocycles. The molecule has 2 N–H and O–H groups in total. The van der Waals surface area contributed by atoms with E-state index in [0.717, 1.165) is 16.8 Å². The Hall–Kier alpha value is -2.33. The second kappa shape index (κ2) is 6.13. The van der Waals surface area contributed by atoms with Gasteiger partial charge in [-0.15, -0.1) is 0 Å². The zero-order valence-electron chi connectivity index (χ0n) is 12.7. The number of anilines is 2. The Balaban J connectivity index is 1.90. The predicted octanol–water partition coefficient (Wildman–Crippen LogP) is 5.35. The minimum absolute atomic E-state index is 0.236. The molecular formula is C16H10F6N2OS. The molecule has 138 valence electrons. The van der Waals surface area contributed by atoms with E-state index in [1.54, 1.807) is 12.1 Å². The number of aliphatic hydroxyl groups is 1. The SMILES string of the molecule is OC(c1ccc(Nc2nc3ccccc3s2)cc1)(C(F)(F)F)C(F)(F)F. The normalized spacial score (nSPS) is 13.2. The van der Waals surface area contributed by atoms with Gasteiger partial charge in [0.25, 0.3) is 5.60 Å². The first kappa shape index (κ1) is 18.5. The molecule has 0 aliphatic carbocycles. The maximum Gasteiger partial charge on any atom is 0.430 e. The van der Waals surface area contributed by atoms with Gasteiger partial charge in [0.15, 0.2) is 5.13 Å². The summed E-state index contributed by atoms with van der Waals surface area (Å²) >= 11 is 1.28. The molecule has 0 saturated heterocycles. The van der Waals surface area contributed by atoms with Crippen molar-refractivity contribution in [1.29, 1.82) is 0 Å². The van der Waals surface area contributed by atoms with Crippen molar-refractivity contribution in [3.8, 4) is 0 Å². The fraction of sp³-hybridized carbons (Fsp3) is 0.188. The number of rotatable bonds is 3. The minimum Gasteiger partial charge on any atom is -0.369 e. The molecule has 0 radical (unpaired) electrons. The highest BCUT2D eigenvalue weighted by Gasteiger charge is 2.71. The average Bonchev–Trinajstić information content (AvgIpc) is 2.95. The molecule has 0 aliphatic rings. The summed E-state index contributed by atoms with van der Waals surface area (Å²) in [5.41, 5.74) is -5.30. The zero-order chi connectivity index (χ0) is 19.2. The maximum absolute atomic E-state index is 12.9. The van der Waals surface area contributed by atoms with Gasteiger partial charge in [0.05, 0.1) is 10.2 Å². The maximum atomic E-state index is 12.9. The molecule has 0 amide bonds. The van der Waals surface area contributed by atoms with Crippen LogP contribution in [0.1, 0.15) is 5.56 Å². The molecule has 0 aliphatic heterocycles. The van der Waals surface area contributed by atoms with Gasteiger partial charge in [0, 0.05) is 11.3 Å². The van der Waals surface area contributed by atoms with E-state index in [4.69, 9.17) is 0 Å². The summed E-state index contributed by atoms with van der Waals surface area (Å²) < 4.78 is 78.0. The van der Waals surface area contributed by atoms with Crippen LogP contribution in [0.15, 0.2) is 48.5 Å². The fourth-order valence-electron chi connectivity index (χ4n) is 2.33. The third kappa shape index (κ3) is 3.10.